The molecule has 8 heteroatoms. The maximum Gasteiger partial charge on any atom is 0.573 e. The van der Waals surface area contributed by atoms with Crippen molar-refractivity contribution in [2.24, 2.45) is 0 Å². The summed E-state index contributed by atoms with van der Waals surface area (Å²) in [5, 5.41) is 6.19. The molecular weight excluding hydrogens is 317 g/mol. The first kappa shape index (κ1) is 16.2. The van der Waals surface area contributed by atoms with Gasteiger partial charge in [0.25, 0.3) is 0 Å². The number of nitrogens with one attached hydrogen (secondary N) is 2. The number of hydrogen-bond donors (Lipinski definition) is 2. The van der Waals surface area contributed by atoms with Gasteiger partial charge in [0.05, 0.1) is 12.3 Å². The van der Waals surface area contributed by atoms with E-state index in [1.807, 2.05) is 13.0 Å². The van der Waals surface area contributed by atoms with E-state index in [1.54, 1.807) is 12.3 Å². The Morgan fingerprint density at radius 1 is 1.23 bits per heavy atom. The Kier molecular flexibility index (Phi) is 4.92. The van der Waals surface area contributed by atoms with Crippen molar-refractivity contribution in [3.05, 3.63) is 48.4 Å². The third-order valence-corrected chi connectivity index (χ3v) is 2.88. The lowest BCUT2D eigenvalue weighted by atomic mass is 10.2. The van der Waals surface area contributed by atoms with E-state index < -0.39 is 6.36 Å². The van der Waals surface area contributed by atoms with Crippen LogP contribution in [0.1, 0.15) is 18.7 Å². The lowest BCUT2D eigenvalue weighted by Gasteiger charge is -2.15. The summed E-state index contributed by atoms with van der Waals surface area (Å²) in [6, 6.07) is 8.72. The molecular formula is C14H13F3N2O2S. The number of benzene rings is 1. The van der Waals surface area contributed by atoms with Crippen LogP contribution in [0.15, 0.2) is 47.1 Å². The van der Waals surface area contributed by atoms with Crippen LogP contribution in [0, 0.1) is 0 Å². The zero-order valence-corrected chi connectivity index (χ0v) is 12.3. The first-order valence-corrected chi connectivity index (χ1v) is 6.71. The number of thiocarbonyl (C=S) groups is 1. The van der Waals surface area contributed by atoms with Crippen LogP contribution in [-0.2, 0) is 0 Å². The van der Waals surface area contributed by atoms with Gasteiger partial charge in [-0.25, -0.2) is 0 Å². The molecule has 1 atom stereocenters. The van der Waals surface area contributed by atoms with Crippen molar-refractivity contribution < 1.29 is 22.3 Å². The molecule has 2 rings (SSSR count). The molecule has 1 aromatic carbocycles. The largest absolute Gasteiger partial charge is 0.573 e. The van der Waals surface area contributed by atoms with Crippen molar-refractivity contribution in [3.8, 4) is 5.75 Å². The molecule has 0 saturated heterocycles. The number of anilines is 1. The molecule has 0 saturated carbocycles. The van der Waals surface area contributed by atoms with Gasteiger partial charge in [0, 0.05) is 5.69 Å². The Bertz CT molecular complexity index is 612. The molecule has 2 N–H and O–H groups in total. The SMILES string of the molecule is C[C@H](NC(=S)Nc1ccc(OC(F)(F)F)cc1)c1ccco1. The van der Waals surface area contributed by atoms with Crippen LogP contribution in [-0.4, -0.2) is 11.5 Å². The zero-order valence-electron chi connectivity index (χ0n) is 11.5. The summed E-state index contributed by atoms with van der Waals surface area (Å²) in [7, 11) is 0. The van der Waals surface area contributed by atoms with Crippen molar-refractivity contribution >= 4 is 23.0 Å². The van der Waals surface area contributed by atoms with Gasteiger partial charge in [0.2, 0.25) is 0 Å². The van der Waals surface area contributed by atoms with Crippen molar-refractivity contribution in [2.45, 2.75) is 19.3 Å². The molecule has 0 bridgehead atoms. The number of halogens is 3. The highest BCUT2D eigenvalue weighted by molar-refractivity contribution is 7.80. The lowest BCUT2D eigenvalue weighted by Crippen LogP contribution is -2.30. The molecule has 118 valence electrons. The molecule has 0 radical (unpaired) electrons. The van der Waals surface area contributed by atoms with Crippen LogP contribution in [0.4, 0.5) is 18.9 Å². The molecule has 2 aromatic rings. The third kappa shape index (κ3) is 4.96. The minimum atomic E-state index is -4.70. The van der Waals surface area contributed by atoms with Gasteiger partial charge in [-0.15, -0.1) is 13.2 Å². The monoisotopic (exact) mass is 330 g/mol. The second-order valence-corrected chi connectivity index (χ2v) is 4.82. The standard InChI is InChI=1S/C14H13F3N2O2S/c1-9(12-3-2-8-20-12)18-13(22)19-10-4-6-11(7-5-10)21-14(15,16)17/h2-9H,1H3,(H2,18,19,22)/t9-/m0/s1. The average molecular weight is 330 g/mol. The second-order valence-electron chi connectivity index (χ2n) is 4.41. The summed E-state index contributed by atoms with van der Waals surface area (Å²) in [6.45, 7) is 1.87. The predicted octanol–water partition coefficient (Wildman–Crippen LogP) is 4.23. The molecule has 0 amide bonds. The van der Waals surface area contributed by atoms with E-state index in [9.17, 15) is 13.2 Å². The molecule has 0 aliphatic carbocycles. The first-order valence-electron chi connectivity index (χ1n) is 6.30. The van der Waals surface area contributed by atoms with Crippen LogP contribution in [0.25, 0.3) is 0 Å². The van der Waals surface area contributed by atoms with Crippen LogP contribution in [0.2, 0.25) is 0 Å². The highest BCUT2D eigenvalue weighted by atomic mass is 32.1. The molecule has 0 unspecified atom stereocenters. The Morgan fingerprint density at radius 3 is 2.45 bits per heavy atom. The molecule has 1 heterocycles. The number of alkyl halides is 3. The molecule has 0 spiro atoms. The topological polar surface area (TPSA) is 46.4 Å². The summed E-state index contributed by atoms with van der Waals surface area (Å²) in [6.07, 6.45) is -3.15. The Labute approximate surface area is 130 Å². The fourth-order valence-corrected chi connectivity index (χ4v) is 2.01. The minimum Gasteiger partial charge on any atom is -0.467 e. The molecule has 0 fully saturated rings. The van der Waals surface area contributed by atoms with Gasteiger partial charge in [-0.1, -0.05) is 0 Å². The first-order chi connectivity index (χ1) is 10.3. The normalized spacial score (nSPS) is 12.5. The molecule has 22 heavy (non-hydrogen) atoms. The Morgan fingerprint density at radius 2 is 1.91 bits per heavy atom. The number of furan rings is 1. The maximum absolute atomic E-state index is 12.1. The van der Waals surface area contributed by atoms with Crippen molar-refractivity contribution in [1.82, 2.24) is 5.32 Å². The summed E-state index contributed by atoms with van der Waals surface area (Å²) >= 11 is 5.13. The molecule has 0 aliphatic heterocycles. The summed E-state index contributed by atoms with van der Waals surface area (Å²) in [5.74, 6) is 0.430. The number of hydrogen-bond acceptors (Lipinski definition) is 3. The number of ether oxygens (including phenoxy) is 1. The van der Waals surface area contributed by atoms with Gasteiger partial charge in [0.15, 0.2) is 5.11 Å². The quantitative estimate of drug-likeness (QED) is 0.822. The summed E-state index contributed by atoms with van der Waals surface area (Å²) in [4.78, 5) is 0. The van der Waals surface area contributed by atoms with E-state index in [1.165, 1.54) is 24.3 Å². The van der Waals surface area contributed by atoms with Crippen molar-refractivity contribution in [1.29, 1.82) is 0 Å². The molecule has 4 nitrogen and oxygen atoms in total. The Hall–Kier alpha value is -2.22. The van der Waals surface area contributed by atoms with Gasteiger partial charge < -0.3 is 19.8 Å². The predicted molar refractivity (Wildman–Crippen MR) is 79.6 cm³/mol. The van der Waals surface area contributed by atoms with E-state index in [-0.39, 0.29) is 11.8 Å². The van der Waals surface area contributed by atoms with Crippen LogP contribution in [0.5, 0.6) is 5.75 Å². The van der Waals surface area contributed by atoms with E-state index in [0.717, 1.165) is 5.76 Å². The van der Waals surface area contributed by atoms with E-state index in [4.69, 9.17) is 16.6 Å². The highest BCUT2D eigenvalue weighted by Crippen LogP contribution is 2.24. The third-order valence-electron chi connectivity index (χ3n) is 2.66. The zero-order chi connectivity index (χ0) is 16.2. The van der Waals surface area contributed by atoms with E-state index in [0.29, 0.717) is 10.8 Å². The smallest absolute Gasteiger partial charge is 0.467 e. The summed E-state index contributed by atoms with van der Waals surface area (Å²) in [5.41, 5.74) is 0.540. The van der Waals surface area contributed by atoms with Crippen LogP contribution < -0.4 is 15.4 Å². The summed E-state index contributed by atoms with van der Waals surface area (Å²) < 4.78 is 45.2. The van der Waals surface area contributed by atoms with Crippen LogP contribution >= 0.6 is 12.2 Å². The van der Waals surface area contributed by atoms with Gasteiger partial charge in [-0.3, -0.25) is 0 Å². The van der Waals surface area contributed by atoms with Gasteiger partial charge in [-0.05, 0) is 55.5 Å². The fraction of sp³-hybridized carbons (Fsp3) is 0.214. The second kappa shape index (κ2) is 6.69. The highest BCUT2D eigenvalue weighted by Gasteiger charge is 2.30. The van der Waals surface area contributed by atoms with Gasteiger partial charge >= 0.3 is 6.36 Å². The molecule has 0 aliphatic rings. The minimum absolute atomic E-state index is 0.136. The van der Waals surface area contributed by atoms with E-state index >= 15 is 0 Å². The lowest BCUT2D eigenvalue weighted by molar-refractivity contribution is -0.274. The fourth-order valence-electron chi connectivity index (χ4n) is 1.71. The van der Waals surface area contributed by atoms with Crippen molar-refractivity contribution in [2.75, 3.05) is 5.32 Å². The molecule has 1 aromatic heterocycles. The van der Waals surface area contributed by atoms with Crippen LogP contribution in [0.3, 0.4) is 0 Å². The van der Waals surface area contributed by atoms with Gasteiger partial charge in [-0.2, -0.15) is 0 Å². The maximum atomic E-state index is 12.1. The average Bonchev–Trinajstić information content (AvgIpc) is 2.93. The number of rotatable bonds is 4. The Balaban J connectivity index is 1.89. The van der Waals surface area contributed by atoms with E-state index in [2.05, 4.69) is 15.4 Å². The van der Waals surface area contributed by atoms with Crippen molar-refractivity contribution in [3.63, 3.8) is 0 Å². The van der Waals surface area contributed by atoms with Gasteiger partial charge in [0.1, 0.15) is 11.5 Å².